The first-order valence-corrected chi connectivity index (χ1v) is 7.47. The number of morpholine rings is 1. The summed E-state index contributed by atoms with van der Waals surface area (Å²) >= 11 is 5.25. The van der Waals surface area contributed by atoms with Crippen LogP contribution in [-0.2, 0) is 11.2 Å². The van der Waals surface area contributed by atoms with E-state index in [0.717, 1.165) is 58.1 Å². The Morgan fingerprint density at radius 3 is 2.80 bits per heavy atom. The van der Waals surface area contributed by atoms with E-state index in [-0.39, 0.29) is 0 Å². The molecule has 1 aliphatic heterocycles. The van der Waals surface area contributed by atoms with Crippen LogP contribution in [0.3, 0.4) is 0 Å². The van der Waals surface area contributed by atoms with Gasteiger partial charge in [-0.3, -0.25) is 9.88 Å². The van der Waals surface area contributed by atoms with Crippen LogP contribution in [0.4, 0.5) is 0 Å². The van der Waals surface area contributed by atoms with Gasteiger partial charge in [-0.2, -0.15) is 0 Å². The highest BCUT2D eigenvalue weighted by molar-refractivity contribution is 7.80. The molecular weight excluding hydrogens is 272 g/mol. The van der Waals surface area contributed by atoms with Gasteiger partial charge in [0.1, 0.15) is 0 Å². The first kappa shape index (κ1) is 15.2. The highest BCUT2D eigenvalue weighted by atomic mass is 32.1. The molecule has 20 heavy (non-hydrogen) atoms. The summed E-state index contributed by atoms with van der Waals surface area (Å²) in [4.78, 5) is 6.66. The number of rotatable bonds is 6. The molecule has 1 aliphatic rings. The Labute approximate surface area is 125 Å². The molecule has 1 fully saturated rings. The fourth-order valence-corrected chi connectivity index (χ4v) is 2.27. The second kappa shape index (κ2) is 8.84. The lowest BCUT2D eigenvalue weighted by molar-refractivity contribution is 0.0389. The van der Waals surface area contributed by atoms with E-state index in [1.54, 1.807) is 0 Å². The normalized spacial score (nSPS) is 15.8. The Bertz CT molecular complexity index is 395. The summed E-state index contributed by atoms with van der Waals surface area (Å²) in [6, 6.07) is 5.95. The third-order valence-electron chi connectivity index (χ3n) is 3.21. The molecule has 0 radical (unpaired) electrons. The Hall–Kier alpha value is -1.24. The Morgan fingerprint density at radius 2 is 2.05 bits per heavy atom. The molecule has 2 rings (SSSR count). The van der Waals surface area contributed by atoms with Gasteiger partial charge in [0, 0.05) is 51.0 Å². The average Bonchev–Trinajstić information content (AvgIpc) is 2.49. The summed E-state index contributed by atoms with van der Waals surface area (Å²) in [7, 11) is 0. The highest BCUT2D eigenvalue weighted by Crippen LogP contribution is 1.95. The van der Waals surface area contributed by atoms with E-state index in [9.17, 15) is 0 Å². The van der Waals surface area contributed by atoms with E-state index in [1.165, 1.54) is 0 Å². The standard InChI is InChI=1S/C14H22N4OS/c20-14(16-6-4-13-3-1-2-5-15-13)17-7-8-18-9-11-19-12-10-18/h1-3,5H,4,6-12H2,(H2,16,17,20). The van der Waals surface area contributed by atoms with Crippen LogP contribution in [0.2, 0.25) is 0 Å². The van der Waals surface area contributed by atoms with Crippen LogP contribution in [0.5, 0.6) is 0 Å². The third-order valence-corrected chi connectivity index (χ3v) is 3.50. The summed E-state index contributed by atoms with van der Waals surface area (Å²) in [5.41, 5.74) is 1.08. The molecule has 1 aromatic rings. The quantitative estimate of drug-likeness (QED) is 0.742. The van der Waals surface area contributed by atoms with Gasteiger partial charge in [-0.05, 0) is 24.4 Å². The smallest absolute Gasteiger partial charge is 0.166 e. The number of hydrogen-bond donors (Lipinski definition) is 2. The zero-order valence-corrected chi connectivity index (χ0v) is 12.5. The molecule has 0 unspecified atom stereocenters. The predicted octanol–water partition coefficient (Wildman–Crippen LogP) is 0.420. The molecule has 1 aromatic heterocycles. The van der Waals surface area contributed by atoms with E-state index in [1.807, 2.05) is 24.4 Å². The van der Waals surface area contributed by atoms with Gasteiger partial charge < -0.3 is 15.4 Å². The van der Waals surface area contributed by atoms with E-state index < -0.39 is 0 Å². The van der Waals surface area contributed by atoms with Crippen LogP contribution in [0.15, 0.2) is 24.4 Å². The maximum absolute atomic E-state index is 5.32. The zero-order valence-electron chi connectivity index (χ0n) is 11.7. The van der Waals surface area contributed by atoms with Gasteiger partial charge in [0.25, 0.3) is 0 Å². The average molecular weight is 294 g/mol. The number of nitrogens with zero attached hydrogens (tertiary/aromatic N) is 2. The van der Waals surface area contributed by atoms with Crippen molar-refractivity contribution in [2.24, 2.45) is 0 Å². The number of pyridine rings is 1. The van der Waals surface area contributed by atoms with Crippen LogP contribution >= 0.6 is 12.2 Å². The van der Waals surface area contributed by atoms with Crippen molar-refractivity contribution < 1.29 is 4.74 Å². The summed E-state index contributed by atoms with van der Waals surface area (Å²) in [6.45, 7) is 6.39. The zero-order chi connectivity index (χ0) is 14.0. The highest BCUT2D eigenvalue weighted by Gasteiger charge is 2.09. The van der Waals surface area contributed by atoms with E-state index in [0.29, 0.717) is 5.11 Å². The molecule has 0 bridgehead atoms. The fraction of sp³-hybridized carbons (Fsp3) is 0.571. The van der Waals surface area contributed by atoms with Crippen molar-refractivity contribution in [3.8, 4) is 0 Å². The number of nitrogens with one attached hydrogen (secondary N) is 2. The predicted molar refractivity (Wildman–Crippen MR) is 83.8 cm³/mol. The van der Waals surface area contributed by atoms with Crippen molar-refractivity contribution in [1.29, 1.82) is 0 Å². The summed E-state index contributed by atoms with van der Waals surface area (Å²) in [5.74, 6) is 0. The van der Waals surface area contributed by atoms with Crippen molar-refractivity contribution in [3.05, 3.63) is 30.1 Å². The Morgan fingerprint density at radius 1 is 1.25 bits per heavy atom. The van der Waals surface area contributed by atoms with Gasteiger partial charge in [-0.1, -0.05) is 6.07 Å². The van der Waals surface area contributed by atoms with Crippen molar-refractivity contribution >= 4 is 17.3 Å². The van der Waals surface area contributed by atoms with Gasteiger partial charge in [-0.15, -0.1) is 0 Å². The molecule has 1 saturated heterocycles. The van der Waals surface area contributed by atoms with Crippen molar-refractivity contribution in [1.82, 2.24) is 20.5 Å². The Kier molecular flexibility index (Phi) is 6.70. The molecule has 0 atom stereocenters. The van der Waals surface area contributed by atoms with E-state index in [2.05, 4.69) is 20.5 Å². The molecule has 110 valence electrons. The molecule has 0 aliphatic carbocycles. The molecule has 0 spiro atoms. The lowest BCUT2D eigenvalue weighted by Gasteiger charge is -2.26. The SMILES string of the molecule is S=C(NCCc1ccccn1)NCCN1CCOCC1. The molecule has 0 aromatic carbocycles. The number of aromatic nitrogens is 1. The van der Waals surface area contributed by atoms with Crippen molar-refractivity contribution in [2.45, 2.75) is 6.42 Å². The lowest BCUT2D eigenvalue weighted by Crippen LogP contribution is -2.43. The van der Waals surface area contributed by atoms with Crippen LogP contribution in [0.1, 0.15) is 5.69 Å². The number of hydrogen-bond acceptors (Lipinski definition) is 4. The molecule has 2 heterocycles. The maximum Gasteiger partial charge on any atom is 0.166 e. The van der Waals surface area contributed by atoms with Crippen molar-refractivity contribution in [3.63, 3.8) is 0 Å². The number of thiocarbonyl (C=S) groups is 1. The second-order valence-corrected chi connectivity index (χ2v) is 5.12. The topological polar surface area (TPSA) is 49.4 Å². The van der Waals surface area contributed by atoms with Gasteiger partial charge in [-0.25, -0.2) is 0 Å². The fourth-order valence-electron chi connectivity index (χ4n) is 2.06. The van der Waals surface area contributed by atoms with Gasteiger partial charge in [0.15, 0.2) is 5.11 Å². The first-order valence-electron chi connectivity index (χ1n) is 7.06. The lowest BCUT2D eigenvalue weighted by atomic mass is 10.3. The summed E-state index contributed by atoms with van der Waals surface area (Å²) in [5, 5.41) is 7.16. The van der Waals surface area contributed by atoms with Crippen molar-refractivity contribution in [2.75, 3.05) is 45.9 Å². The molecular formula is C14H22N4OS. The minimum absolute atomic E-state index is 0.717. The van der Waals surface area contributed by atoms with Crippen LogP contribution < -0.4 is 10.6 Å². The third kappa shape index (κ3) is 5.81. The molecule has 0 saturated carbocycles. The molecule has 5 nitrogen and oxygen atoms in total. The molecule has 6 heteroatoms. The second-order valence-electron chi connectivity index (χ2n) is 4.71. The molecule has 2 N–H and O–H groups in total. The minimum Gasteiger partial charge on any atom is -0.379 e. The van der Waals surface area contributed by atoms with Gasteiger partial charge >= 0.3 is 0 Å². The largest absolute Gasteiger partial charge is 0.379 e. The monoisotopic (exact) mass is 294 g/mol. The molecule has 0 amide bonds. The van der Waals surface area contributed by atoms with Gasteiger partial charge in [0.05, 0.1) is 13.2 Å². The maximum atomic E-state index is 5.32. The van der Waals surface area contributed by atoms with Crippen LogP contribution in [0.25, 0.3) is 0 Å². The minimum atomic E-state index is 0.717. The Balaban J connectivity index is 1.52. The summed E-state index contributed by atoms with van der Waals surface area (Å²) in [6.07, 6.45) is 2.69. The van der Waals surface area contributed by atoms with E-state index in [4.69, 9.17) is 17.0 Å². The summed E-state index contributed by atoms with van der Waals surface area (Å²) < 4.78 is 5.32. The number of ether oxygens (including phenoxy) is 1. The van der Waals surface area contributed by atoms with Crippen LogP contribution in [0, 0.1) is 0 Å². The van der Waals surface area contributed by atoms with Crippen LogP contribution in [-0.4, -0.2) is 60.9 Å². The van der Waals surface area contributed by atoms with Gasteiger partial charge in [0.2, 0.25) is 0 Å². The first-order chi connectivity index (χ1) is 9.84. The van der Waals surface area contributed by atoms with E-state index >= 15 is 0 Å².